The van der Waals surface area contributed by atoms with E-state index in [0.717, 1.165) is 31.5 Å². The Balaban J connectivity index is 2.26. The van der Waals surface area contributed by atoms with Gasteiger partial charge in [-0.05, 0) is 44.7 Å². The van der Waals surface area contributed by atoms with E-state index in [9.17, 15) is 4.79 Å². The van der Waals surface area contributed by atoms with Crippen LogP contribution < -0.4 is 5.73 Å². The van der Waals surface area contributed by atoms with E-state index in [4.69, 9.17) is 5.73 Å². The van der Waals surface area contributed by atoms with Gasteiger partial charge in [-0.3, -0.25) is 4.79 Å². The summed E-state index contributed by atoms with van der Waals surface area (Å²) in [6.45, 7) is 5.25. The van der Waals surface area contributed by atoms with Crippen molar-refractivity contribution in [3.63, 3.8) is 0 Å². The highest BCUT2D eigenvalue weighted by Gasteiger charge is 2.23. The van der Waals surface area contributed by atoms with E-state index in [2.05, 4.69) is 17.6 Å². The molecule has 1 aliphatic rings. The zero-order valence-electron chi connectivity index (χ0n) is 11.6. The number of likely N-dealkylation sites (N-methyl/N-ethyl adjacent to an activating group) is 1. The van der Waals surface area contributed by atoms with Crippen LogP contribution in [0.5, 0.6) is 0 Å². The summed E-state index contributed by atoms with van der Waals surface area (Å²) in [6.07, 6.45) is 3.22. The minimum atomic E-state index is 0.146. The van der Waals surface area contributed by atoms with Crippen molar-refractivity contribution in [1.82, 2.24) is 9.47 Å². The van der Waals surface area contributed by atoms with Crippen LogP contribution in [-0.4, -0.2) is 29.0 Å². The molecule has 1 amide bonds. The third kappa shape index (κ3) is 2.29. The number of fused-ring (bicyclic) bond motifs is 1. The third-order valence-electron chi connectivity index (χ3n) is 3.97. The first-order valence-corrected chi connectivity index (χ1v) is 6.73. The van der Waals surface area contributed by atoms with E-state index >= 15 is 0 Å². The molecule has 0 bridgehead atoms. The summed E-state index contributed by atoms with van der Waals surface area (Å²) in [5.41, 5.74) is 9.79. The molecule has 0 aliphatic heterocycles. The maximum atomic E-state index is 12.0. The molecule has 2 rings (SSSR count). The van der Waals surface area contributed by atoms with Gasteiger partial charge in [-0.25, -0.2) is 0 Å². The average molecular weight is 249 g/mol. The molecular formula is C14H23N3O. The highest BCUT2D eigenvalue weighted by Crippen LogP contribution is 2.30. The molecule has 1 heterocycles. The fourth-order valence-corrected chi connectivity index (χ4v) is 2.65. The fourth-order valence-electron chi connectivity index (χ4n) is 2.65. The van der Waals surface area contributed by atoms with Crippen molar-refractivity contribution >= 4 is 5.91 Å². The van der Waals surface area contributed by atoms with Gasteiger partial charge in [-0.1, -0.05) is 0 Å². The molecule has 0 fully saturated rings. The van der Waals surface area contributed by atoms with Gasteiger partial charge in [0.2, 0.25) is 5.91 Å². The third-order valence-corrected chi connectivity index (χ3v) is 3.97. The molecule has 0 saturated heterocycles. The van der Waals surface area contributed by atoms with Crippen LogP contribution in [0, 0.1) is 6.92 Å². The van der Waals surface area contributed by atoms with Gasteiger partial charge in [0.05, 0.1) is 0 Å². The number of aryl methyl sites for hydroxylation is 1. The van der Waals surface area contributed by atoms with Gasteiger partial charge >= 0.3 is 0 Å². The number of hydrogen-bond donors (Lipinski definition) is 1. The van der Waals surface area contributed by atoms with Crippen LogP contribution in [0.4, 0.5) is 0 Å². The smallest absolute Gasteiger partial charge is 0.242 e. The van der Waals surface area contributed by atoms with Crippen LogP contribution >= 0.6 is 0 Å². The van der Waals surface area contributed by atoms with Crippen LogP contribution in [0.2, 0.25) is 0 Å². The van der Waals surface area contributed by atoms with Gasteiger partial charge in [-0.15, -0.1) is 0 Å². The Labute approximate surface area is 109 Å². The molecule has 0 aromatic carbocycles. The van der Waals surface area contributed by atoms with Crippen LogP contribution in [0.15, 0.2) is 6.07 Å². The van der Waals surface area contributed by atoms with E-state index < -0.39 is 0 Å². The van der Waals surface area contributed by atoms with E-state index in [1.165, 1.54) is 11.3 Å². The van der Waals surface area contributed by atoms with Crippen molar-refractivity contribution in [2.75, 3.05) is 13.6 Å². The molecule has 0 saturated carbocycles. The normalized spacial score (nSPS) is 18.6. The molecule has 1 aromatic rings. The Morgan fingerprint density at radius 1 is 1.61 bits per heavy atom. The van der Waals surface area contributed by atoms with Crippen molar-refractivity contribution in [1.29, 1.82) is 0 Å². The van der Waals surface area contributed by atoms with Crippen molar-refractivity contribution in [2.45, 2.75) is 45.7 Å². The molecule has 1 atom stereocenters. The maximum Gasteiger partial charge on any atom is 0.242 e. The van der Waals surface area contributed by atoms with Gasteiger partial charge in [0, 0.05) is 31.0 Å². The lowest BCUT2D eigenvalue weighted by atomic mass is 9.93. The second kappa shape index (κ2) is 5.14. The van der Waals surface area contributed by atoms with Crippen molar-refractivity contribution in [3.05, 3.63) is 23.0 Å². The Morgan fingerprint density at radius 3 is 3.00 bits per heavy atom. The van der Waals surface area contributed by atoms with Gasteiger partial charge < -0.3 is 15.2 Å². The van der Waals surface area contributed by atoms with Gasteiger partial charge in [0.1, 0.15) is 6.54 Å². The minimum absolute atomic E-state index is 0.146. The number of amides is 1. The molecule has 0 spiro atoms. The average Bonchev–Trinajstić information content (AvgIpc) is 2.67. The summed E-state index contributed by atoms with van der Waals surface area (Å²) < 4.78 is 2.14. The monoisotopic (exact) mass is 249 g/mol. The van der Waals surface area contributed by atoms with E-state index in [1.54, 1.807) is 4.90 Å². The summed E-state index contributed by atoms with van der Waals surface area (Å²) >= 11 is 0. The largest absolute Gasteiger partial charge is 0.344 e. The Hall–Kier alpha value is -1.29. The fraction of sp³-hybridized carbons (Fsp3) is 0.643. The summed E-state index contributed by atoms with van der Waals surface area (Å²) in [5, 5.41) is 0. The number of rotatable bonds is 3. The molecule has 18 heavy (non-hydrogen) atoms. The standard InChI is InChI=1S/C14H23N3O/c1-4-16(3)14(18)9-17-10(2)8-11-12(15)6-5-7-13(11)17/h8,12H,4-7,9,15H2,1-3H3. The van der Waals surface area contributed by atoms with E-state index in [0.29, 0.717) is 6.54 Å². The van der Waals surface area contributed by atoms with Crippen molar-refractivity contribution < 1.29 is 4.79 Å². The van der Waals surface area contributed by atoms with Gasteiger partial charge in [0.15, 0.2) is 0 Å². The van der Waals surface area contributed by atoms with Crippen molar-refractivity contribution in [2.24, 2.45) is 5.73 Å². The number of carbonyl (C=O) groups is 1. The number of hydrogen-bond acceptors (Lipinski definition) is 2. The van der Waals surface area contributed by atoms with Gasteiger partial charge in [0.25, 0.3) is 0 Å². The molecule has 4 heteroatoms. The minimum Gasteiger partial charge on any atom is -0.344 e. The second-order valence-electron chi connectivity index (χ2n) is 5.18. The molecule has 4 nitrogen and oxygen atoms in total. The van der Waals surface area contributed by atoms with E-state index in [-0.39, 0.29) is 11.9 Å². The molecule has 2 N–H and O–H groups in total. The molecule has 0 radical (unpaired) electrons. The van der Waals surface area contributed by atoms with Crippen LogP contribution in [0.25, 0.3) is 0 Å². The number of aromatic nitrogens is 1. The summed E-state index contributed by atoms with van der Waals surface area (Å²) in [5.74, 6) is 0.165. The predicted molar refractivity (Wildman–Crippen MR) is 72.3 cm³/mol. The van der Waals surface area contributed by atoms with Crippen molar-refractivity contribution in [3.8, 4) is 0 Å². The second-order valence-corrected chi connectivity index (χ2v) is 5.18. The lowest BCUT2D eigenvalue weighted by Crippen LogP contribution is -2.31. The quantitative estimate of drug-likeness (QED) is 0.885. The Kier molecular flexibility index (Phi) is 3.76. The van der Waals surface area contributed by atoms with E-state index in [1.807, 2.05) is 14.0 Å². The lowest BCUT2D eigenvalue weighted by Gasteiger charge is -2.22. The first kappa shape index (κ1) is 13.1. The summed E-state index contributed by atoms with van der Waals surface area (Å²) in [6, 6.07) is 2.30. The topological polar surface area (TPSA) is 51.3 Å². The summed E-state index contributed by atoms with van der Waals surface area (Å²) in [7, 11) is 1.85. The Morgan fingerprint density at radius 2 is 2.33 bits per heavy atom. The SMILES string of the molecule is CCN(C)C(=O)Cn1c(C)cc2c1CCCC2N. The number of carbonyl (C=O) groups excluding carboxylic acids is 1. The number of nitrogens with two attached hydrogens (primary N) is 1. The molecular weight excluding hydrogens is 226 g/mol. The zero-order valence-corrected chi connectivity index (χ0v) is 11.6. The number of nitrogens with zero attached hydrogens (tertiary/aromatic N) is 2. The molecule has 1 aliphatic carbocycles. The Bertz CT molecular complexity index is 450. The molecule has 1 aromatic heterocycles. The van der Waals surface area contributed by atoms with Crippen LogP contribution in [-0.2, 0) is 17.8 Å². The molecule has 1 unspecified atom stereocenters. The maximum absolute atomic E-state index is 12.0. The molecule has 100 valence electrons. The zero-order chi connectivity index (χ0) is 13.3. The van der Waals surface area contributed by atoms with Gasteiger partial charge in [-0.2, -0.15) is 0 Å². The van der Waals surface area contributed by atoms with Crippen LogP contribution in [0.1, 0.15) is 42.8 Å². The predicted octanol–water partition coefficient (Wildman–Crippen LogP) is 1.61. The highest BCUT2D eigenvalue weighted by atomic mass is 16.2. The first-order chi connectivity index (χ1) is 8.54. The first-order valence-electron chi connectivity index (χ1n) is 6.73. The summed E-state index contributed by atoms with van der Waals surface area (Å²) in [4.78, 5) is 13.8. The van der Waals surface area contributed by atoms with Crippen LogP contribution in [0.3, 0.4) is 0 Å². The lowest BCUT2D eigenvalue weighted by molar-refractivity contribution is -0.130. The highest BCUT2D eigenvalue weighted by molar-refractivity contribution is 5.76.